The van der Waals surface area contributed by atoms with Gasteiger partial charge in [-0.15, -0.1) is 0 Å². The molecule has 0 aromatic heterocycles. The summed E-state index contributed by atoms with van der Waals surface area (Å²) < 4.78 is 12.8. The summed E-state index contributed by atoms with van der Waals surface area (Å²) in [5.74, 6) is -0.173. The fraction of sp³-hybridized carbons (Fsp3) is 0.647. The highest BCUT2D eigenvalue weighted by molar-refractivity contribution is 5.45. The number of nitrogens with zero attached hydrogens (tertiary/aromatic N) is 1. The Morgan fingerprint density at radius 2 is 1.60 bits per heavy atom. The first-order valence-corrected chi connectivity index (χ1v) is 7.60. The maximum atomic E-state index is 12.8. The predicted octanol–water partition coefficient (Wildman–Crippen LogP) is 4.21. The van der Waals surface area contributed by atoms with Crippen molar-refractivity contribution in [3.63, 3.8) is 0 Å². The highest BCUT2D eigenvalue weighted by Crippen LogP contribution is 2.14. The number of halogens is 1. The molecule has 0 fully saturated rings. The monoisotopic (exact) mass is 280 g/mol. The summed E-state index contributed by atoms with van der Waals surface area (Å²) in [7, 11) is 2.06. The first kappa shape index (κ1) is 17.0. The molecule has 0 bridgehead atoms. The molecule has 0 spiro atoms. The van der Waals surface area contributed by atoms with Crippen LogP contribution in [0.3, 0.4) is 0 Å². The van der Waals surface area contributed by atoms with E-state index >= 15 is 0 Å². The van der Waals surface area contributed by atoms with Crippen molar-refractivity contribution in [2.75, 3.05) is 25.0 Å². The smallest absolute Gasteiger partial charge is 0.123 e. The number of rotatable bonds is 8. The minimum Gasteiger partial charge on any atom is -0.375 e. The topological polar surface area (TPSA) is 15.3 Å². The molecule has 1 aromatic carbocycles. The number of unbranched alkanes of at least 4 members (excludes halogenated alkanes) is 3. The highest BCUT2D eigenvalue weighted by Gasteiger charge is 2.07. The van der Waals surface area contributed by atoms with Crippen molar-refractivity contribution in [2.45, 2.75) is 52.0 Å². The van der Waals surface area contributed by atoms with E-state index in [4.69, 9.17) is 0 Å². The van der Waals surface area contributed by atoms with Crippen LogP contribution in [0.4, 0.5) is 10.1 Å². The lowest BCUT2D eigenvalue weighted by atomic mass is 10.1. The van der Waals surface area contributed by atoms with Gasteiger partial charge in [-0.25, -0.2) is 4.39 Å². The molecule has 0 aliphatic rings. The van der Waals surface area contributed by atoms with Crippen LogP contribution in [0.1, 0.15) is 46.5 Å². The Kier molecular flexibility index (Phi) is 7.00. The number of nitrogens with one attached hydrogen (secondary N) is 1. The van der Waals surface area contributed by atoms with Crippen LogP contribution in [-0.4, -0.2) is 25.7 Å². The lowest BCUT2D eigenvalue weighted by Gasteiger charge is -2.21. The fourth-order valence-electron chi connectivity index (χ4n) is 2.12. The Morgan fingerprint density at radius 3 is 2.20 bits per heavy atom. The average Bonchev–Trinajstić information content (AvgIpc) is 2.37. The van der Waals surface area contributed by atoms with Crippen LogP contribution in [0, 0.1) is 5.82 Å². The standard InChI is InChI=1S/C17H29FN2/c1-17(2,3)19-13-7-5-6-8-14-20(4)16-11-9-15(18)10-12-16/h9-12,19H,5-8,13-14H2,1-4H3. The maximum absolute atomic E-state index is 12.8. The summed E-state index contributed by atoms with van der Waals surface area (Å²) in [5.41, 5.74) is 1.31. The van der Waals surface area contributed by atoms with Gasteiger partial charge in [-0.05, 0) is 64.4 Å². The van der Waals surface area contributed by atoms with Crippen molar-refractivity contribution in [1.29, 1.82) is 0 Å². The van der Waals surface area contributed by atoms with E-state index in [9.17, 15) is 4.39 Å². The molecule has 114 valence electrons. The van der Waals surface area contributed by atoms with E-state index in [0.29, 0.717) is 0 Å². The largest absolute Gasteiger partial charge is 0.375 e. The van der Waals surface area contributed by atoms with Crippen LogP contribution in [0.25, 0.3) is 0 Å². The van der Waals surface area contributed by atoms with Crippen LogP contribution in [0.2, 0.25) is 0 Å². The second-order valence-corrected chi connectivity index (χ2v) is 6.49. The van der Waals surface area contributed by atoms with Crippen molar-refractivity contribution < 1.29 is 4.39 Å². The van der Waals surface area contributed by atoms with Gasteiger partial charge in [0, 0.05) is 24.8 Å². The van der Waals surface area contributed by atoms with E-state index in [-0.39, 0.29) is 11.4 Å². The van der Waals surface area contributed by atoms with Gasteiger partial charge in [0.15, 0.2) is 0 Å². The van der Waals surface area contributed by atoms with Crippen LogP contribution >= 0.6 is 0 Å². The zero-order chi connectivity index (χ0) is 15.0. The van der Waals surface area contributed by atoms with E-state index in [0.717, 1.165) is 18.8 Å². The van der Waals surface area contributed by atoms with Gasteiger partial charge in [0.05, 0.1) is 0 Å². The van der Waals surface area contributed by atoms with Crippen molar-refractivity contribution in [3.8, 4) is 0 Å². The normalized spacial score (nSPS) is 11.7. The number of hydrogen-bond acceptors (Lipinski definition) is 2. The molecule has 0 aliphatic carbocycles. The first-order chi connectivity index (χ1) is 9.38. The summed E-state index contributed by atoms with van der Waals surface area (Å²) in [6.45, 7) is 8.72. The number of hydrogen-bond donors (Lipinski definition) is 1. The second kappa shape index (κ2) is 8.25. The van der Waals surface area contributed by atoms with Crippen LogP contribution in [-0.2, 0) is 0 Å². The molecule has 1 rings (SSSR count). The molecule has 20 heavy (non-hydrogen) atoms. The summed E-state index contributed by atoms with van der Waals surface area (Å²) in [4.78, 5) is 2.19. The van der Waals surface area contributed by atoms with Crippen molar-refractivity contribution in [3.05, 3.63) is 30.1 Å². The van der Waals surface area contributed by atoms with Crippen LogP contribution in [0.5, 0.6) is 0 Å². The lowest BCUT2D eigenvalue weighted by molar-refractivity contribution is 0.416. The second-order valence-electron chi connectivity index (χ2n) is 6.49. The molecule has 1 N–H and O–H groups in total. The van der Waals surface area contributed by atoms with Gasteiger partial charge in [0.2, 0.25) is 0 Å². The molecule has 0 atom stereocenters. The Morgan fingerprint density at radius 1 is 1.00 bits per heavy atom. The highest BCUT2D eigenvalue weighted by atomic mass is 19.1. The predicted molar refractivity (Wildman–Crippen MR) is 85.9 cm³/mol. The van der Waals surface area contributed by atoms with E-state index in [1.807, 2.05) is 12.1 Å². The summed E-state index contributed by atoms with van der Waals surface area (Å²) in [6.07, 6.45) is 4.93. The first-order valence-electron chi connectivity index (χ1n) is 7.60. The molecule has 3 heteroatoms. The maximum Gasteiger partial charge on any atom is 0.123 e. The zero-order valence-electron chi connectivity index (χ0n) is 13.4. The molecular formula is C17H29FN2. The molecule has 0 unspecified atom stereocenters. The van der Waals surface area contributed by atoms with Gasteiger partial charge in [0.25, 0.3) is 0 Å². The quantitative estimate of drug-likeness (QED) is 0.718. The van der Waals surface area contributed by atoms with E-state index in [2.05, 4.69) is 38.0 Å². The fourth-order valence-corrected chi connectivity index (χ4v) is 2.12. The Labute approximate surface area is 123 Å². The SMILES string of the molecule is CN(CCCCCCNC(C)(C)C)c1ccc(F)cc1. The molecule has 2 nitrogen and oxygen atoms in total. The Bertz CT molecular complexity index is 368. The van der Waals surface area contributed by atoms with Crippen molar-refractivity contribution in [2.24, 2.45) is 0 Å². The summed E-state index contributed by atoms with van der Waals surface area (Å²) in [5, 5.41) is 3.51. The summed E-state index contributed by atoms with van der Waals surface area (Å²) in [6, 6.07) is 6.71. The molecular weight excluding hydrogens is 251 g/mol. The van der Waals surface area contributed by atoms with Gasteiger partial charge >= 0.3 is 0 Å². The van der Waals surface area contributed by atoms with E-state index < -0.39 is 0 Å². The number of anilines is 1. The average molecular weight is 280 g/mol. The third-order valence-electron chi connectivity index (χ3n) is 3.34. The van der Waals surface area contributed by atoms with Gasteiger partial charge in [0.1, 0.15) is 5.82 Å². The van der Waals surface area contributed by atoms with Crippen molar-refractivity contribution in [1.82, 2.24) is 5.32 Å². The summed E-state index contributed by atoms with van der Waals surface area (Å²) >= 11 is 0. The molecule has 0 heterocycles. The van der Waals surface area contributed by atoms with Gasteiger partial charge in [-0.2, -0.15) is 0 Å². The number of benzene rings is 1. The lowest BCUT2D eigenvalue weighted by Crippen LogP contribution is -2.36. The third-order valence-corrected chi connectivity index (χ3v) is 3.34. The molecule has 1 aromatic rings. The molecule has 0 saturated carbocycles. The van der Waals surface area contributed by atoms with E-state index in [1.54, 1.807) is 0 Å². The minimum absolute atomic E-state index is 0.173. The molecule has 0 amide bonds. The van der Waals surface area contributed by atoms with Gasteiger partial charge in [-0.3, -0.25) is 0 Å². The third kappa shape index (κ3) is 7.49. The van der Waals surface area contributed by atoms with Gasteiger partial charge in [-0.1, -0.05) is 12.8 Å². The van der Waals surface area contributed by atoms with Crippen molar-refractivity contribution >= 4 is 5.69 Å². The Hall–Kier alpha value is -1.09. The van der Waals surface area contributed by atoms with E-state index in [1.165, 1.54) is 37.8 Å². The zero-order valence-corrected chi connectivity index (χ0v) is 13.4. The Balaban J connectivity index is 2.08. The molecule has 0 aliphatic heterocycles. The van der Waals surface area contributed by atoms with Crippen LogP contribution < -0.4 is 10.2 Å². The molecule has 0 saturated heterocycles. The molecule has 0 radical (unpaired) electrons. The minimum atomic E-state index is -0.173. The van der Waals surface area contributed by atoms with Crippen LogP contribution in [0.15, 0.2) is 24.3 Å². The van der Waals surface area contributed by atoms with Gasteiger partial charge < -0.3 is 10.2 Å².